The molecule has 20 heteroatoms. The third-order valence-electron chi connectivity index (χ3n) is 18.6. The molecule has 8 aromatic rings. The maximum Gasteiger partial charge on any atom is 0.348 e. The summed E-state index contributed by atoms with van der Waals surface area (Å²) in [6.07, 6.45) is 4.17. The van der Waals surface area contributed by atoms with Gasteiger partial charge in [-0.25, -0.2) is 9.78 Å². The van der Waals surface area contributed by atoms with Crippen LogP contribution in [0.15, 0.2) is 187 Å². The molecule has 6 aromatic carbocycles. The number of nitrogens with one attached hydrogen (secondary N) is 1. The highest BCUT2D eigenvalue weighted by molar-refractivity contribution is 6.30. The number of piperazine rings is 1. The predicted octanol–water partition coefficient (Wildman–Crippen LogP) is 3.17. The van der Waals surface area contributed by atoms with Crippen molar-refractivity contribution in [1.29, 1.82) is 0 Å². The van der Waals surface area contributed by atoms with Crippen LogP contribution in [0.25, 0.3) is 11.2 Å². The molecule has 0 radical (unpaired) electrons. The Morgan fingerprint density at radius 2 is 1.23 bits per heavy atom. The molecule has 17 nitrogen and oxygen atoms in total. The van der Waals surface area contributed by atoms with Crippen molar-refractivity contribution in [3.05, 3.63) is 231 Å². The van der Waals surface area contributed by atoms with Crippen LogP contribution in [0.5, 0.6) is 0 Å². The largest absolute Gasteiger partial charge is 1.00 e. The van der Waals surface area contributed by atoms with Crippen molar-refractivity contribution in [2.45, 2.75) is 88.9 Å². The molecule has 91 heavy (non-hydrogen) atoms. The Morgan fingerprint density at radius 1 is 0.758 bits per heavy atom. The number of primary amides is 1. The molecule has 7 N–H and O–H groups in total. The van der Waals surface area contributed by atoms with E-state index in [2.05, 4.69) is 116 Å². The van der Waals surface area contributed by atoms with Gasteiger partial charge in [-0.05, 0) is 80.3 Å². The summed E-state index contributed by atoms with van der Waals surface area (Å²) in [6.45, 7) is 17.8. The molecule has 12 rings (SSSR count). The number of hydrogen-bond acceptors (Lipinski definition) is 12. The third-order valence-corrected chi connectivity index (χ3v) is 18.9. The molecule has 1 amide bonds. The van der Waals surface area contributed by atoms with Gasteiger partial charge < -0.3 is 86.0 Å². The van der Waals surface area contributed by atoms with E-state index in [-0.39, 0.29) is 89.9 Å². The van der Waals surface area contributed by atoms with Gasteiger partial charge in [0.25, 0.3) is 5.56 Å². The molecule has 0 aliphatic carbocycles. The van der Waals surface area contributed by atoms with Gasteiger partial charge in [0.2, 0.25) is 17.5 Å². The average molecular weight is 1440 g/mol. The Morgan fingerprint density at radius 3 is 1.69 bits per heavy atom. The zero-order valence-electron chi connectivity index (χ0n) is 53.5. The fourth-order valence-corrected chi connectivity index (χ4v) is 12.7. The van der Waals surface area contributed by atoms with Crippen molar-refractivity contribution in [1.82, 2.24) is 29.3 Å². The normalized spacial score (nSPS) is 17.8. The quantitative estimate of drug-likeness (QED) is 0.0342. The summed E-state index contributed by atoms with van der Waals surface area (Å²) < 4.78 is 14.5. The van der Waals surface area contributed by atoms with E-state index in [0.717, 1.165) is 90.3 Å². The Kier molecular flexibility index (Phi) is 27.5. The number of benzene rings is 6. The van der Waals surface area contributed by atoms with E-state index >= 15 is 0 Å². The van der Waals surface area contributed by atoms with Gasteiger partial charge in [0.1, 0.15) is 18.7 Å². The smallest absolute Gasteiger partial charge is 0.348 e. The number of aliphatic hydroxyl groups is 2. The SMILES string of the molecule is CC(C)[N+](C)(CCC(C(N)=O)(c1ccccc1)c1ccccc1)C(C)C.CN1CCN(C(c2ccccc2)c2ccc(Cl)cc2)CC1.C[N+]12CCC(CC1)C(OC(=O)C(O)(c1ccccc1)c1ccccc1)C2.Nc1nc2c(ncn2COCCO)c(=O)[nH]1.[Br-].[I-]. The second-order valence-corrected chi connectivity index (χ2v) is 25.2. The molecule has 2 bridgehead atoms. The number of H-pyrrole nitrogens is 1. The maximum atomic E-state index is 13.2. The second-order valence-electron chi connectivity index (χ2n) is 24.8. The number of anilines is 1. The minimum atomic E-state index is -1.78. The molecule has 4 aliphatic rings. The number of amides is 1. The molecular weight excluding hydrogens is 1350 g/mol. The Labute approximate surface area is 569 Å². The van der Waals surface area contributed by atoms with Gasteiger partial charge in [-0.2, -0.15) is 4.98 Å². The summed E-state index contributed by atoms with van der Waals surface area (Å²) in [5, 5.41) is 20.9. The highest BCUT2D eigenvalue weighted by Gasteiger charge is 2.49. The lowest BCUT2D eigenvalue weighted by molar-refractivity contribution is -0.949. The number of carbonyl (C=O) groups excluding carboxylic acids is 2. The summed E-state index contributed by atoms with van der Waals surface area (Å²) in [5.41, 5.74) is 14.8. The Balaban J connectivity index is 0.000000194. The number of esters is 1. The molecule has 488 valence electrons. The highest BCUT2D eigenvalue weighted by Crippen LogP contribution is 2.39. The van der Waals surface area contributed by atoms with Crippen molar-refractivity contribution in [2.24, 2.45) is 11.7 Å². The van der Waals surface area contributed by atoms with Gasteiger partial charge in [-0.3, -0.25) is 24.0 Å². The van der Waals surface area contributed by atoms with Gasteiger partial charge in [-0.15, -0.1) is 0 Å². The second kappa shape index (κ2) is 34.0. The fourth-order valence-electron chi connectivity index (χ4n) is 12.6. The number of quaternary nitrogens is 2. The summed E-state index contributed by atoms with van der Waals surface area (Å²) >= 11 is 6.05. The summed E-state index contributed by atoms with van der Waals surface area (Å²) in [5.74, 6) is -0.412. The maximum absolute atomic E-state index is 13.2. The van der Waals surface area contributed by atoms with E-state index in [1.54, 1.807) is 24.3 Å². The number of hydrogen-bond donors (Lipinski definition) is 5. The number of nitrogen functional groups attached to an aromatic ring is 1. The lowest BCUT2D eigenvalue weighted by Gasteiger charge is -2.50. The lowest BCUT2D eigenvalue weighted by atomic mass is 9.71. The number of aromatic amines is 1. The zero-order chi connectivity index (χ0) is 63.8. The van der Waals surface area contributed by atoms with Crippen LogP contribution in [0, 0.1) is 5.92 Å². The van der Waals surface area contributed by atoms with Crippen LogP contribution < -0.4 is 58.0 Å². The number of piperidine rings is 3. The van der Waals surface area contributed by atoms with Crippen molar-refractivity contribution in [3.8, 4) is 0 Å². The number of nitrogens with zero attached hydrogens (tertiary/aromatic N) is 7. The first-order valence-electron chi connectivity index (χ1n) is 31.0. The van der Waals surface area contributed by atoms with Crippen molar-refractivity contribution < 1.29 is 79.2 Å². The van der Waals surface area contributed by atoms with E-state index in [1.165, 1.54) is 22.0 Å². The van der Waals surface area contributed by atoms with E-state index < -0.39 is 17.0 Å². The molecule has 2 aromatic heterocycles. The van der Waals surface area contributed by atoms with Crippen LogP contribution in [0.4, 0.5) is 5.95 Å². The molecule has 0 spiro atoms. The standard InChI is InChI=1S/C23H32N2O.C22H26NO3.C18H21ClN2.C8H11N5O3.BrH.HI/c1-18(2)25(5,19(3)4)17-16-23(22(24)26,20-12-8-6-9-13-20)21-14-10-7-11-15-21;1-23-14-12-17(13-15-23)20(16-23)26-21(24)22(25,18-8-4-2-5-9-18)19-10-6-3-7-11-19;1-20-11-13-21(14-12-20)18(15-5-3-2-4-6-15)16-7-9-17(19)10-8-16;9-8-11-6-5(7(15)12-8)10-3-13(6)4-16-2-1-14;;/h6-15,18-19H,16-17H2,1-5H3,(H-,24,26);2-11,17,20,25H,12-16H2,1H3;2-10,18H,11-14H2,1H3;3,14H,1-2,4H2,(H3,9,11,12,15);2*1H/q;+1;;;;/p-1. The molecule has 4 fully saturated rings. The highest BCUT2D eigenvalue weighted by atomic mass is 127. The van der Waals surface area contributed by atoms with Crippen LogP contribution >= 0.6 is 11.6 Å². The first-order chi connectivity index (χ1) is 42.7. The fraction of sp³-hybridized carbons (Fsp3) is 0.394. The average Bonchev–Trinajstić information content (AvgIpc) is 1.36. The summed E-state index contributed by atoms with van der Waals surface area (Å²) in [7, 11) is 6.70. The van der Waals surface area contributed by atoms with Crippen LogP contribution in [0.3, 0.4) is 0 Å². The van der Waals surface area contributed by atoms with E-state index in [9.17, 15) is 19.5 Å². The first kappa shape index (κ1) is 73.7. The zero-order valence-corrected chi connectivity index (χ0v) is 58.0. The summed E-state index contributed by atoms with van der Waals surface area (Å²) in [4.78, 5) is 52.7. The molecule has 6 heterocycles. The van der Waals surface area contributed by atoms with Gasteiger partial charge in [-0.1, -0.05) is 175 Å². The van der Waals surface area contributed by atoms with Gasteiger partial charge in [0.15, 0.2) is 17.3 Å². The number of imidazole rings is 1. The molecule has 2 unspecified atom stereocenters. The minimum Gasteiger partial charge on any atom is -1.00 e. The van der Waals surface area contributed by atoms with E-state index in [0.29, 0.717) is 47.2 Å². The lowest BCUT2D eigenvalue weighted by Crippen LogP contribution is -3.00. The number of aliphatic hydroxyl groups excluding tert-OH is 1. The van der Waals surface area contributed by atoms with Crippen LogP contribution in [-0.4, -0.2) is 165 Å². The summed E-state index contributed by atoms with van der Waals surface area (Å²) in [6, 6.07) is 58.4. The predicted molar refractivity (Wildman–Crippen MR) is 352 cm³/mol. The third kappa shape index (κ3) is 18.1. The van der Waals surface area contributed by atoms with Gasteiger partial charge in [0, 0.05) is 56.4 Å². The monoisotopic (exact) mass is 1440 g/mol. The topological polar surface area (TPSA) is 215 Å². The first-order valence-corrected chi connectivity index (χ1v) is 31.4. The van der Waals surface area contributed by atoms with Gasteiger partial charge >= 0.3 is 5.97 Å². The van der Waals surface area contributed by atoms with Gasteiger partial charge in [0.05, 0.1) is 71.4 Å². The van der Waals surface area contributed by atoms with Crippen LogP contribution in [-0.2, 0) is 36.8 Å². The number of ether oxygens (including phenoxy) is 2. The number of carbonyl (C=O) groups is 2. The van der Waals surface area contributed by atoms with Crippen molar-refractivity contribution in [2.75, 3.05) is 92.4 Å². The molecular formula is C71H91BrClIN10O7. The van der Waals surface area contributed by atoms with E-state index in [4.69, 9.17) is 37.6 Å². The number of aromatic nitrogens is 4. The van der Waals surface area contributed by atoms with Crippen molar-refractivity contribution in [3.63, 3.8) is 0 Å². The Hall–Kier alpha value is -6.37. The number of halogens is 3. The van der Waals surface area contributed by atoms with Crippen LogP contribution in [0.1, 0.15) is 86.4 Å². The minimum absolute atomic E-state index is 0. The molecule has 0 saturated carbocycles. The van der Waals surface area contributed by atoms with E-state index in [1.807, 2.05) is 109 Å². The molecule has 4 aliphatic heterocycles. The number of nitrogens with two attached hydrogens (primary N) is 2. The van der Waals surface area contributed by atoms with Crippen molar-refractivity contribution >= 4 is 40.6 Å². The van der Waals surface area contributed by atoms with Crippen LogP contribution in [0.2, 0.25) is 5.02 Å². The Bertz CT molecular complexity index is 3450. The number of likely N-dealkylation sites (N-methyl/N-ethyl adjacent to an activating group) is 2. The number of rotatable bonds is 19. The number of fused-ring (bicyclic) bond motifs is 4. The molecule has 4 saturated heterocycles. The molecule has 2 atom stereocenters.